The summed E-state index contributed by atoms with van der Waals surface area (Å²) in [4.78, 5) is 4.20. The standard InChI is InChI=1S/C12H10BrClN2O/c13-8-1-2-9(16-6-8)7-17-10-3-4-12(15)11(14)5-10/h1-6H,7,15H2. The molecule has 2 rings (SSSR count). The molecular formula is C12H10BrClN2O. The number of nitrogen functional groups attached to an aromatic ring is 1. The maximum Gasteiger partial charge on any atom is 0.130 e. The normalized spacial score (nSPS) is 10.2. The van der Waals surface area contributed by atoms with Crippen molar-refractivity contribution in [3.05, 3.63) is 51.7 Å². The average molecular weight is 314 g/mol. The maximum atomic E-state index is 5.89. The predicted octanol–water partition coefficient (Wildman–Crippen LogP) is 3.66. The highest BCUT2D eigenvalue weighted by Crippen LogP contribution is 2.24. The molecule has 5 heteroatoms. The zero-order chi connectivity index (χ0) is 12.3. The van der Waals surface area contributed by atoms with Gasteiger partial charge in [0, 0.05) is 16.7 Å². The molecule has 1 aromatic carbocycles. The SMILES string of the molecule is Nc1ccc(OCc2ccc(Br)cn2)cc1Cl. The van der Waals surface area contributed by atoms with E-state index in [2.05, 4.69) is 20.9 Å². The zero-order valence-corrected chi connectivity index (χ0v) is 11.2. The molecule has 0 aliphatic rings. The number of nitrogens with two attached hydrogens (primary N) is 1. The molecule has 0 saturated heterocycles. The van der Waals surface area contributed by atoms with Gasteiger partial charge in [-0.15, -0.1) is 0 Å². The molecule has 0 aliphatic carbocycles. The van der Waals surface area contributed by atoms with E-state index in [1.54, 1.807) is 24.4 Å². The molecule has 2 N–H and O–H groups in total. The van der Waals surface area contributed by atoms with E-state index in [-0.39, 0.29) is 0 Å². The highest BCUT2D eigenvalue weighted by molar-refractivity contribution is 9.10. The van der Waals surface area contributed by atoms with E-state index in [1.165, 1.54) is 0 Å². The summed E-state index contributed by atoms with van der Waals surface area (Å²) in [7, 11) is 0. The van der Waals surface area contributed by atoms with Gasteiger partial charge in [-0.25, -0.2) is 0 Å². The first-order valence-corrected chi connectivity index (χ1v) is 6.10. The van der Waals surface area contributed by atoms with Crippen LogP contribution in [0.15, 0.2) is 41.0 Å². The van der Waals surface area contributed by atoms with Gasteiger partial charge in [-0.3, -0.25) is 4.98 Å². The molecule has 1 aromatic heterocycles. The van der Waals surface area contributed by atoms with Crippen molar-refractivity contribution < 1.29 is 4.74 Å². The van der Waals surface area contributed by atoms with Crippen LogP contribution in [0, 0.1) is 0 Å². The topological polar surface area (TPSA) is 48.1 Å². The summed E-state index contributed by atoms with van der Waals surface area (Å²) in [5.74, 6) is 0.675. The number of anilines is 1. The van der Waals surface area contributed by atoms with E-state index < -0.39 is 0 Å². The van der Waals surface area contributed by atoms with Crippen molar-refractivity contribution in [2.24, 2.45) is 0 Å². The monoisotopic (exact) mass is 312 g/mol. The van der Waals surface area contributed by atoms with Gasteiger partial charge >= 0.3 is 0 Å². The van der Waals surface area contributed by atoms with Crippen LogP contribution in [0.3, 0.4) is 0 Å². The molecule has 0 atom stereocenters. The first-order valence-electron chi connectivity index (χ1n) is 4.93. The molecule has 3 nitrogen and oxygen atoms in total. The van der Waals surface area contributed by atoms with Crippen LogP contribution in [0.5, 0.6) is 5.75 Å². The maximum absolute atomic E-state index is 5.89. The summed E-state index contributed by atoms with van der Waals surface area (Å²) in [5.41, 5.74) is 7.00. The summed E-state index contributed by atoms with van der Waals surface area (Å²) in [6.45, 7) is 0.396. The van der Waals surface area contributed by atoms with Gasteiger partial charge in [0.05, 0.1) is 16.4 Å². The summed E-state index contributed by atoms with van der Waals surface area (Å²) in [5, 5.41) is 0.492. The number of aromatic nitrogens is 1. The fraction of sp³-hybridized carbons (Fsp3) is 0.0833. The third-order valence-corrected chi connectivity index (χ3v) is 2.94. The molecule has 0 fully saturated rings. The van der Waals surface area contributed by atoms with Crippen molar-refractivity contribution in [3.63, 3.8) is 0 Å². The van der Waals surface area contributed by atoms with Crippen LogP contribution in [-0.4, -0.2) is 4.98 Å². The fourth-order valence-corrected chi connectivity index (χ4v) is 1.65. The number of ether oxygens (including phenoxy) is 1. The first kappa shape index (κ1) is 12.2. The highest BCUT2D eigenvalue weighted by atomic mass is 79.9. The smallest absolute Gasteiger partial charge is 0.130 e. The lowest BCUT2D eigenvalue weighted by Crippen LogP contribution is -1.98. The third-order valence-electron chi connectivity index (χ3n) is 2.15. The molecule has 0 saturated carbocycles. The largest absolute Gasteiger partial charge is 0.487 e. The average Bonchev–Trinajstić information content (AvgIpc) is 2.33. The Morgan fingerprint density at radius 1 is 1.29 bits per heavy atom. The molecule has 0 radical (unpaired) electrons. The molecule has 2 aromatic rings. The Balaban J connectivity index is 2.02. The molecule has 88 valence electrons. The van der Waals surface area contributed by atoms with Gasteiger partial charge in [-0.05, 0) is 40.2 Å². The van der Waals surface area contributed by atoms with E-state index in [1.807, 2.05) is 12.1 Å². The Morgan fingerprint density at radius 2 is 2.12 bits per heavy atom. The third kappa shape index (κ3) is 3.35. The second-order valence-electron chi connectivity index (χ2n) is 3.44. The van der Waals surface area contributed by atoms with E-state index >= 15 is 0 Å². The second kappa shape index (κ2) is 5.38. The van der Waals surface area contributed by atoms with Crippen molar-refractivity contribution in [1.82, 2.24) is 4.98 Å². The van der Waals surface area contributed by atoms with Crippen LogP contribution < -0.4 is 10.5 Å². The quantitative estimate of drug-likeness (QED) is 0.880. The Labute approximate surface area is 113 Å². The number of benzene rings is 1. The van der Waals surface area contributed by atoms with Crippen molar-refractivity contribution in [2.75, 3.05) is 5.73 Å². The number of pyridine rings is 1. The molecular weight excluding hydrogens is 304 g/mol. The van der Waals surface area contributed by atoms with Gasteiger partial charge in [0.2, 0.25) is 0 Å². The highest BCUT2D eigenvalue weighted by Gasteiger charge is 2.00. The minimum atomic E-state index is 0.396. The van der Waals surface area contributed by atoms with Crippen molar-refractivity contribution >= 4 is 33.2 Å². The Hall–Kier alpha value is -1.26. The van der Waals surface area contributed by atoms with Gasteiger partial charge in [0.1, 0.15) is 12.4 Å². The lowest BCUT2D eigenvalue weighted by molar-refractivity contribution is 0.301. The number of halogens is 2. The molecule has 0 unspecified atom stereocenters. The molecule has 17 heavy (non-hydrogen) atoms. The number of hydrogen-bond donors (Lipinski definition) is 1. The predicted molar refractivity (Wildman–Crippen MR) is 72.1 cm³/mol. The molecule has 0 aliphatic heterocycles. The van der Waals surface area contributed by atoms with Gasteiger partial charge in [-0.1, -0.05) is 11.6 Å². The first-order chi connectivity index (χ1) is 8.15. The number of nitrogens with zero attached hydrogens (tertiary/aromatic N) is 1. The van der Waals surface area contributed by atoms with Gasteiger partial charge in [0.25, 0.3) is 0 Å². The number of hydrogen-bond acceptors (Lipinski definition) is 3. The van der Waals surface area contributed by atoms with Gasteiger partial charge in [0.15, 0.2) is 0 Å². The van der Waals surface area contributed by atoms with Crippen molar-refractivity contribution in [3.8, 4) is 5.75 Å². The lowest BCUT2D eigenvalue weighted by atomic mass is 10.3. The second-order valence-corrected chi connectivity index (χ2v) is 4.76. The minimum absolute atomic E-state index is 0.396. The van der Waals surface area contributed by atoms with E-state index in [0.717, 1.165) is 10.2 Å². The molecule has 0 amide bonds. The Morgan fingerprint density at radius 3 is 2.76 bits per heavy atom. The van der Waals surface area contributed by atoms with Crippen molar-refractivity contribution in [2.45, 2.75) is 6.61 Å². The van der Waals surface area contributed by atoms with Crippen LogP contribution in [-0.2, 0) is 6.61 Å². The van der Waals surface area contributed by atoms with Gasteiger partial charge < -0.3 is 10.5 Å². The molecule has 0 bridgehead atoms. The Kier molecular flexibility index (Phi) is 3.86. The van der Waals surface area contributed by atoms with Crippen LogP contribution in [0.25, 0.3) is 0 Å². The number of rotatable bonds is 3. The summed E-state index contributed by atoms with van der Waals surface area (Å²) in [6, 6.07) is 8.99. The molecule has 0 spiro atoms. The van der Waals surface area contributed by atoms with E-state index in [0.29, 0.717) is 23.1 Å². The zero-order valence-electron chi connectivity index (χ0n) is 8.86. The van der Waals surface area contributed by atoms with Crippen LogP contribution in [0.2, 0.25) is 5.02 Å². The summed E-state index contributed by atoms with van der Waals surface area (Å²) in [6.07, 6.45) is 1.73. The summed E-state index contributed by atoms with van der Waals surface area (Å²) >= 11 is 9.21. The van der Waals surface area contributed by atoms with E-state index in [4.69, 9.17) is 22.1 Å². The lowest BCUT2D eigenvalue weighted by Gasteiger charge is -2.07. The van der Waals surface area contributed by atoms with Crippen LogP contribution >= 0.6 is 27.5 Å². The van der Waals surface area contributed by atoms with Crippen molar-refractivity contribution in [1.29, 1.82) is 0 Å². The van der Waals surface area contributed by atoms with Crippen LogP contribution in [0.4, 0.5) is 5.69 Å². The molecule has 1 heterocycles. The van der Waals surface area contributed by atoms with E-state index in [9.17, 15) is 0 Å². The van der Waals surface area contributed by atoms with Crippen LogP contribution in [0.1, 0.15) is 5.69 Å². The van der Waals surface area contributed by atoms with Gasteiger partial charge in [-0.2, -0.15) is 0 Å². The minimum Gasteiger partial charge on any atom is -0.487 e. The summed E-state index contributed by atoms with van der Waals surface area (Å²) < 4.78 is 6.49. The fourth-order valence-electron chi connectivity index (χ4n) is 1.25. The Bertz CT molecular complexity index is 516.